The van der Waals surface area contributed by atoms with Crippen LogP contribution in [-0.4, -0.2) is 59.3 Å². The molecule has 1 N–H and O–H groups in total. The Morgan fingerprint density at radius 1 is 1.14 bits per heavy atom. The SMILES string of the molecule is CC(=O)NC1CN(Cc2ccccc2)C(C(F)F)C2OC(C)(C)C(C)(C)OC12. The molecule has 2 aliphatic rings. The molecular weight excluding hydrogens is 366 g/mol. The van der Waals surface area contributed by atoms with E-state index < -0.39 is 41.9 Å². The van der Waals surface area contributed by atoms with Gasteiger partial charge in [0, 0.05) is 20.0 Å². The highest BCUT2D eigenvalue weighted by atomic mass is 19.3. The van der Waals surface area contributed by atoms with E-state index in [2.05, 4.69) is 5.32 Å². The highest BCUT2D eigenvalue weighted by Crippen LogP contribution is 2.43. The molecule has 4 unspecified atom stereocenters. The molecule has 2 saturated heterocycles. The Balaban J connectivity index is 1.96. The summed E-state index contributed by atoms with van der Waals surface area (Å²) in [6, 6.07) is 7.93. The van der Waals surface area contributed by atoms with E-state index in [0.29, 0.717) is 6.54 Å². The van der Waals surface area contributed by atoms with Crippen LogP contribution in [0, 0.1) is 0 Å². The first kappa shape index (κ1) is 21.1. The number of alkyl halides is 2. The highest BCUT2D eigenvalue weighted by molar-refractivity contribution is 5.73. The maximum absolute atomic E-state index is 14.2. The lowest BCUT2D eigenvalue weighted by Crippen LogP contribution is -2.74. The number of amides is 1. The predicted molar refractivity (Wildman–Crippen MR) is 102 cm³/mol. The number of halogens is 2. The van der Waals surface area contributed by atoms with Crippen LogP contribution in [0.5, 0.6) is 0 Å². The number of rotatable bonds is 4. The van der Waals surface area contributed by atoms with Gasteiger partial charge in [0.25, 0.3) is 6.43 Å². The van der Waals surface area contributed by atoms with Crippen molar-refractivity contribution < 1.29 is 23.0 Å². The third-order valence-corrected chi connectivity index (χ3v) is 6.10. The van der Waals surface area contributed by atoms with E-state index in [1.165, 1.54) is 6.92 Å². The Bertz CT molecular complexity index is 696. The molecule has 156 valence electrons. The van der Waals surface area contributed by atoms with Crippen LogP contribution in [0.2, 0.25) is 0 Å². The van der Waals surface area contributed by atoms with Gasteiger partial charge in [-0.2, -0.15) is 0 Å². The largest absolute Gasteiger partial charge is 0.365 e. The van der Waals surface area contributed by atoms with Crippen molar-refractivity contribution in [1.29, 1.82) is 0 Å². The lowest BCUT2D eigenvalue weighted by atomic mass is 9.82. The first-order chi connectivity index (χ1) is 13.0. The van der Waals surface area contributed by atoms with Gasteiger partial charge in [-0.3, -0.25) is 9.69 Å². The maximum atomic E-state index is 14.2. The van der Waals surface area contributed by atoms with Crippen molar-refractivity contribution in [3.63, 3.8) is 0 Å². The summed E-state index contributed by atoms with van der Waals surface area (Å²) in [4.78, 5) is 13.5. The molecule has 2 heterocycles. The molecule has 2 fully saturated rings. The van der Waals surface area contributed by atoms with Crippen LogP contribution in [0.1, 0.15) is 40.2 Å². The molecular formula is C21H30F2N2O3. The summed E-state index contributed by atoms with van der Waals surface area (Å²) < 4.78 is 41.0. The van der Waals surface area contributed by atoms with Crippen molar-refractivity contribution >= 4 is 5.91 Å². The van der Waals surface area contributed by atoms with Gasteiger partial charge in [0.1, 0.15) is 18.2 Å². The van der Waals surface area contributed by atoms with Crippen LogP contribution in [0.4, 0.5) is 8.78 Å². The number of hydrogen-bond acceptors (Lipinski definition) is 4. The molecule has 1 aromatic carbocycles. The van der Waals surface area contributed by atoms with Gasteiger partial charge < -0.3 is 14.8 Å². The van der Waals surface area contributed by atoms with E-state index in [1.807, 2.05) is 58.0 Å². The van der Waals surface area contributed by atoms with Crippen LogP contribution >= 0.6 is 0 Å². The monoisotopic (exact) mass is 396 g/mol. The number of nitrogens with one attached hydrogen (secondary N) is 1. The van der Waals surface area contributed by atoms with Gasteiger partial charge >= 0.3 is 0 Å². The Hall–Kier alpha value is -1.57. The summed E-state index contributed by atoms with van der Waals surface area (Å²) in [6.07, 6.45) is -4.09. The molecule has 7 heteroatoms. The van der Waals surface area contributed by atoms with Crippen molar-refractivity contribution in [3.8, 4) is 0 Å². The molecule has 3 rings (SSSR count). The number of carbonyl (C=O) groups excluding carboxylic acids is 1. The Morgan fingerprint density at radius 3 is 2.25 bits per heavy atom. The quantitative estimate of drug-likeness (QED) is 0.850. The topological polar surface area (TPSA) is 50.8 Å². The van der Waals surface area contributed by atoms with Crippen molar-refractivity contribution in [1.82, 2.24) is 10.2 Å². The Labute approximate surface area is 165 Å². The van der Waals surface area contributed by atoms with Crippen molar-refractivity contribution in [2.24, 2.45) is 0 Å². The Kier molecular flexibility index (Phi) is 5.81. The molecule has 0 aromatic heterocycles. The molecule has 4 atom stereocenters. The smallest absolute Gasteiger partial charge is 0.256 e. The predicted octanol–water partition coefficient (Wildman–Crippen LogP) is 2.98. The number of piperidine rings is 1. The molecule has 2 aliphatic heterocycles. The summed E-state index contributed by atoms with van der Waals surface area (Å²) in [5.41, 5.74) is -0.499. The van der Waals surface area contributed by atoms with E-state index in [0.717, 1.165) is 5.56 Å². The summed E-state index contributed by atoms with van der Waals surface area (Å²) in [5.74, 6) is -0.217. The van der Waals surface area contributed by atoms with Gasteiger partial charge in [0.05, 0.1) is 17.2 Å². The first-order valence-corrected chi connectivity index (χ1v) is 9.71. The zero-order valence-electron chi connectivity index (χ0n) is 17.1. The van der Waals surface area contributed by atoms with Crippen molar-refractivity contribution in [3.05, 3.63) is 35.9 Å². The van der Waals surface area contributed by atoms with E-state index in [1.54, 1.807) is 4.90 Å². The lowest BCUT2D eigenvalue weighted by Gasteiger charge is -2.58. The van der Waals surface area contributed by atoms with Gasteiger partial charge in [0.15, 0.2) is 0 Å². The van der Waals surface area contributed by atoms with Crippen molar-refractivity contribution in [2.75, 3.05) is 6.54 Å². The fraction of sp³-hybridized carbons (Fsp3) is 0.667. The maximum Gasteiger partial charge on any atom is 0.256 e. The van der Waals surface area contributed by atoms with Gasteiger partial charge in [-0.15, -0.1) is 0 Å². The average Bonchev–Trinajstić information content (AvgIpc) is 2.56. The van der Waals surface area contributed by atoms with Crippen LogP contribution < -0.4 is 5.32 Å². The summed E-state index contributed by atoms with van der Waals surface area (Å²) in [5, 5.41) is 2.89. The molecule has 1 amide bonds. The minimum atomic E-state index is -2.60. The standard InChI is InChI=1S/C21H30F2N2O3/c1-13(26)24-15-12-25(11-14-9-7-6-8-10-14)16(19(22)23)18-17(15)27-20(2,3)21(4,5)28-18/h6-10,15-19H,11-12H2,1-5H3,(H,24,26). The van der Waals surface area contributed by atoms with E-state index in [4.69, 9.17) is 9.47 Å². The van der Waals surface area contributed by atoms with Gasteiger partial charge in [-0.05, 0) is 33.3 Å². The third kappa shape index (κ3) is 4.07. The molecule has 0 aliphatic carbocycles. The molecule has 0 bridgehead atoms. The van der Waals surface area contributed by atoms with E-state index in [9.17, 15) is 13.6 Å². The van der Waals surface area contributed by atoms with Gasteiger partial charge in [-0.25, -0.2) is 8.78 Å². The lowest BCUT2D eigenvalue weighted by molar-refractivity contribution is -0.327. The summed E-state index contributed by atoms with van der Waals surface area (Å²) >= 11 is 0. The van der Waals surface area contributed by atoms with E-state index >= 15 is 0 Å². The Morgan fingerprint density at radius 2 is 1.71 bits per heavy atom. The van der Waals surface area contributed by atoms with Crippen LogP contribution in [0.3, 0.4) is 0 Å². The van der Waals surface area contributed by atoms with Crippen LogP contribution in [0.15, 0.2) is 30.3 Å². The van der Waals surface area contributed by atoms with Gasteiger partial charge in [0.2, 0.25) is 5.91 Å². The second-order valence-corrected chi connectivity index (χ2v) is 8.73. The zero-order chi connectivity index (χ0) is 20.7. The second-order valence-electron chi connectivity index (χ2n) is 8.73. The molecule has 28 heavy (non-hydrogen) atoms. The fourth-order valence-corrected chi connectivity index (χ4v) is 4.04. The molecule has 1 aromatic rings. The average molecular weight is 396 g/mol. The fourth-order valence-electron chi connectivity index (χ4n) is 4.04. The van der Waals surface area contributed by atoms with Crippen LogP contribution in [0.25, 0.3) is 0 Å². The summed E-state index contributed by atoms with van der Waals surface area (Å²) in [6.45, 7) is 9.54. The summed E-state index contributed by atoms with van der Waals surface area (Å²) in [7, 11) is 0. The number of benzene rings is 1. The number of hydrogen-bond donors (Lipinski definition) is 1. The minimum absolute atomic E-state index is 0.217. The minimum Gasteiger partial charge on any atom is -0.365 e. The normalized spacial score (nSPS) is 32.0. The molecule has 0 radical (unpaired) electrons. The number of fused-ring (bicyclic) bond motifs is 1. The van der Waals surface area contributed by atoms with Gasteiger partial charge in [-0.1, -0.05) is 30.3 Å². The van der Waals surface area contributed by atoms with E-state index in [-0.39, 0.29) is 12.5 Å². The highest BCUT2D eigenvalue weighted by Gasteiger charge is 2.58. The number of likely N-dealkylation sites (tertiary alicyclic amines) is 1. The van der Waals surface area contributed by atoms with Crippen LogP contribution in [-0.2, 0) is 20.8 Å². The molecule has 5 nitrogen and oxygen atoms in total. The number of ether oxygens (including phenoxy) is 2. The zero-order valence-corrected chi connectivity index (χ0v) is 17.1. The number of nitrogens with zero attached hydrogens (tertiary/aromatic N) is 1. The first-order valence-electron chi connectivity index (χ1n) is 9.71. The second kappa shape index (κ2) is 7.69. The number of carbonyl (C=O) groups is 1. The third-order valence-electron chi connectivity index (χ3n) is 6.10. The van der Waals surface area contributed by atoms with Crippen molar-refractivity contribution in [2.45, 2.75) is 83.1 Å². The molecule has 0 spiro atoms. The molecule has 0 saturated carbocycles.